The molecule has 2 aliphatic rings. The van der Waals surface area contributed by atoms with Gasteiger partial charge in [0, 0.05) is 24.5 Å². The lowest BCUT2D eigenvalue weighted by molar-refractivity contribution is -0.127. The maximum atomic E-state index is 13.4. The van der Waals surface area contributed by atoms with Crippen molar-refractivity contribution in [3.63, 3.8) is 0 Å². The first-order valence-electron chi connectivity index (χ1n) is 10.4. The van der Waals surface area contributed by atoms with E-state index in [0.29, 0.717) is 29.3 Å². The molecular formula is C21H29N3O2S2. The third-order valence-corrected chi connectivity index (χ3v) is 7.82. The van der Waals surface area contributed by atoms with Crippen molar-refractivity contribution in [3.05, 3.63) is 20.8 Å². The normalized spacial score (nSPS) is 19.6. The second-order valence-corrected chi connectivity index (χ2v) is 10.6. The first-order chi connectivity index (χ1) is 13.4. The van der Waals surface area contributed by atoms with E-state index in [-0.39, 0.29) is 11.5 Å². The van der Waals surface area contributed by atoms with Crippen molar-refractivity contribution in [2.45, 2.75) is 64.6 Å². The van der Waals surface area contributed by atoms with Crippen molar-refractivity contribution in [1.82, 2.24) is 14.5 Å². The van der Waals surface area contributed by atoms with Gasteiger partial charge in [0.05, 0.1) is 11.1 Å². The molecule has 1 amide bonds. The lowest BCUT2D eigenvalue weighted by atomic mass is 9.89. The first-order valence-corrected chi connectivity index (χ1v) is 12.2. The third kappa shape index (κ3) is 3.88. The van der Waals surface area contributed by atoms with E-state index in [0.717, 1.165) is 55.4 Å². The average Bonchev–Trinajstić information content (AvgIpc) is 3.29. The molecule has 1 fully saturated rings. The summed E-state index contributed by atoms with van der Waals surface area (Å²) < 4.78 is 1.82. The van der Waals surface area contributed by atoms with Crippen LogP contribution in [-0.4, -0.2) is 39.2 Å². The summed E-state index contributed by atoms with van der Waals surface area (Å²) >= 11 is 3.11. The fourth-order valence-electron chi connectivity index (χ4n) is 4.23. The van der Waals surface area contributed by atoms with Gasteiger partial charge in [0.15, 0.2) is 5.16 Å². The Morgan fingerprint density at radius 1 is 1.32 bits per heavy atom. The van der Waals surface area contributed by atoms with Gasteiger partial charge in [-0.3, -0.25) is 14.2 Å². The van der Waals surface area contributed by atoms with Gasteiger partial charge in [-0.25, -0.2) is 4.98 Å². The number of hydrogen-bond acceptors (Lipinski definition) is 5. The SMILES string of the molecule is CC(C)Cn1c(SCC(=O)N2CCCC2)nc2sc3c(c2c1=O)CCC(C)C3. The molecule has 28 heavy (non-hydrogen) atoms. The predicted octanol–water partition coefficient (Wildman–Crippen LogP) is 3.95. The summed E-state index contributed by atoms with van der Waals surface area (Å²) in [6.07, 6.45) is 5.36. The Bertz CT molecular complexity index is 941. The van der Waals surface area contributed by atoms with E-state index < -0.39 is 0 Å². The van der Waals surface area contributed by atoms with Crippen LogP contribution in [0.25, 0.3) is 10.2 Å². The second kappa shape index (κ2) is 8.19. The van der Waals surface area contributed by atoms with Gasteiger partial charge in [0.25, 0.3) is 5.56 Å². The average molecular weight is 420 g/mol. The van der Waals surface area contributed by atoms with Gasteiger partial charge in [-0.15, -0.1) is 11.3 Å². The number of thiophene rings is 1. The Balaban J connectivity index is 1.70. The Labute approximate surface area is 174 Å². The maximum Gasteiger partial charge on any atom is 0.263 e. The highest BCUT2D eigenvalue weighted by Crippen LogP contribution is 2.36. The molecule has 0 radical (unpaired) electrons. The first kappa shape index (κ1) is 20.0. The minimum Gasteiger partial charge on any atom is -0.342 e. The van der Waals surface area contributed by atoms with Crippen LogP contribution in [-0.2, 0) is 24.2 Å². The zero-order chi connectivity index (χ0) is 19.8. The molecular weight excluding hydrogens is 390 g/mol. The molecule has 0 spiro atoms. The summed E-state index contributed by atoms with van der Waals surface area (Å²) in [6.45, 7) is 8.88. The van der Waals surface area contributed by atoms with Crippen molar-refractivity contribution >= 4 is 39.2 Å². The van der Waals surface area contributed by atoms with Gasteiger partial charge in [-0.05, 0) is 49.5 Å². The smallest absolute Gasteiger partial charge is 0.263 e. The summed E-state index contributed by atoms with van der Waals surface area (Å²) in [5.74, 6) is 1.54. The molecule has 5 nitrogen and oxygen atoms in total. The van der Waals surface area contributed by atoms with Crippen molar-refractivity contribution < 1.29 is 4.79 Å². The Hall–Kier alpha value is -1.34. The minimum absolute atomic E-state index is 0.0851. The Morgan fingerprint density at radius 3 is 2.79 bits per heavy atom. The van der Waals surface area contributed by atoms with Crippen molar-refractivity contribution in [2.24, 2.45) is 11.8 Å². The molecule has 1 aliphatic carbocycles. The summed E-state index contributed by atoms with van der Waals surface area (Å²) in [7, 11) is 0. The zero-order valence-corrected chi connectivity index (χ0v) is 18.6. The molecule has 1 aliphatic heterocycles. The van der Waals surface area contributed by atoms with Gasteiger partial charge < -0.3 is 4.90 Å². The van der Waals surface area contributed by atoms with E-state index in [2.05, 4.69) is 20.8 Å². The summed E-state index contributed by atoms with van der Waals surface area (Å²) in [4.78, 5) is 34.9. The van der Waals surface area contributed by atoms with Crippen LogP contribution in [0.1, 0.15) is 50.5 Å². The van der Waals surface area contributed by atoms with Crippen LogP contribution in [0.4, 0.5) is 0 Å². The highest BCUT2D eigenvalue weighted by Gasteiger charge is 2.25. The molecule has 1 saturated heterocycles. The quantitative estimate of drug-likeness (QED) is 0.544. The van der Waals surface area contributed by atoms with Crippen molar-refractivity contribution in [3.8, 4) is 0 Å². The number of aryl methyl sites for hydroxylation is 1. The fraction of sp³-hybridized carbons (Fsp3) is 0.667. The Morgan fingerprint density at radius 2 is 2.07 bits per heavy atom. The van der Waals surface area contributed by atoms with Gasteiger partial charge in [-0.1, -0.05) is 32.5 Å². The molecule has 152 valence electrons. The van der Waals surface area contributed by atoms with Crippen molar-refractivity contribution in [1.29, 1.82) is 0 Å². The summed E-state index contributed by atoms with van der Waals surface area (Å²) in [5, 5.41) is 1.54. The number of carbonyl (C=O) groups excluding carboxylic acids is 1. The van der Waals surface area contributed by atoms with Crippen LogP contribution in [0, 0.1) is 11.8 Å². The van der Waals surface area contributed by atoms with Crippen LogP contribution in [0.2, 0.25) is 0 Å². The highest BCUT2D eigenvalue weighted by molar-refractivity contribution is 7.99. The van der Waals surface area contributed by atoms with Crippen LogP contribution in [0.15, 0.2) is 9.95 Å². The number of fused-ring (bicyclic) bond motifs is 3. The minimum atomic E-state index is 0.0851. The lowest BCUT2D eigenvalue weighted by Crippen LogP contribution is -2.30. The van der Waals surface area contributed by atoms with E-state index in [1.54, 1.807) is 11.3 Å². The monoisotopic (exact) mass is 419 g/mol. The molecule has 1 atom stereocenters. The number of carbonyl (C=O) groups is 1. The van der Waals surface area contributed by atoms with E-state index >= 15 is 0 Å². The third-order valence-electron chi connectivity index (χ3n) is 5.71. The number of likely N-dealkylation sites (tertiary alicyclic amines) is 1. The van der Waals surface area contributed by atoms with Crippen LogP contribution >= 0.6 is 23.1 Å². The molecule has 0 bridgehead atoms. The standard InChI is InChI=1S/C21H29N3O2S2/c1-13(2)11-24-20(26)18-15-7-6-14(3)10-16(15)28-19(18)22-21(24)27-12-17(25)23-8-4-5-9-23/h13-14H,4-12H2,1-3H3. The van der Waals surface area contributed by atoms with Gasteiger partial charge >= 0.3 is 0 Å². The van der Waals surface area contributed by atoms with Crippen LogP contribution < -0.4 is 5.56 Å². The number of thioether (sulfide) groups is 1. The van der Waals surface area contributed by atoms with Gasteiger partial charge in [-0.2, -0.15) is 0 Å². The second-order valence-electron chi connectivity index (χ2n) is 8.61. The Kier molecular flexibility index (Phi) is 5.83. The number of aromatic nitrogens is 2. The molecule has 0 N–H and O–H groups in total. The number of nitrogens with zero attached hydrogens (tertiary/aromatic N) is 3. The van der Waals surface area contributed by atoms with Gasteiger partial charge in [0.2, 0.25) is 5.91 Å². The van der Waals surface area contributed by atoms with Crippen molar-refractivity contribution in [2.75, 3.05) is 18.8 Å². The maximum absolute atomic E-state index is 13.4. The largest absolute Gasteiger partial charge is 0.342 e. The summed E-state index contributed by atoms with van der Waals surface area (Å²) in [6, 6.07) is 0. The number of rotatable bonds is 5. The summed E-state index contributed by atoms with van der Waals surface area (Å²) in [5.41, 5.74) is 1.32. The molecule has 1 unspecified atom stereocenters. The van der Waals surface area contributed by atoms with Crippen LogP contribution in [0.5, 0.6) is 0 Å². The fourth-order valence-corrected chi connectivity index (χ4v) is 6.56. The van der Waals surface area contributed by atoms with E-state index in [1.807, 2.05) is 9.47 Å². The topological polar surface area (TPSA) is 55.2 Å². The number of hydrogen-bond donors (Lipinski definition) is 0. The van der Waals surface area contributed by atoms with Gasteiger partial charge in [0.1, 0.15) is 4.83 Å². The molecule has 2 aromatic rings. The number of amides is 1. The molecule has 7 heteroatoms. The molecule has 0 saturated carbocycles. The highest BCUT2D eigenvalue weighted by atomic mass is 32.2. The van der Waals surface area contributed by atoms with E-state index in [4.69, 9.17) is 4.98 Å². The lowest BCUT2D eigenvalue weighted by Gasteiger charge is -2.18. The zero-order valence-electron chi connectivity index (χ0n) is 17.0. The molecule has 3 heterocycles. The predicted molar refractivity (Wildman–Crippen MR) is 116 cm³/mol. The van der Waals surface area contributed by atoms with Crippen LogP contribution in [0.3, 0.4) is 0 Å². The van der Waals surface area contributed by atoms with E-state index in [1.165, 1.54) is 22.2 Å². The molecule has 2 aromatic heterocycles. The molecule has 0 aromatic carbocycles. The van der Waals surface area contributed by atoms with E-state index in [9.17, 15) is 9.59 Å². The molecule has 4 rings (SSSR count).